The van der Waals surface area contributed by atoms with Crippen molar-refractivity contribution in [3.63, 3.8) is 0 Å². The lowest BCUT2D eigenvalue weighted by Gasteiger charge is -2.17. The van der Waals surface area contributed by atoms with E-state index in [-0.39, 0.29) is 24.6 Å². The highest BCUT2D eigenvalue weighted by molar-refractivity contribution is 6.34. The van der Waals surface area contributed by atoms with E-state index in [0.717, 1.165) is 4.90 Å². The van der Waals surface area contributed by atoms with Crippen LogP contribution in [-0.2, 0) is 9.59 Å². The Bertz CT molecular complexity index is 1290. The molecule has 0 spiro atoms. The van der Waals surface area contributed by atoms with Gasteiger partial charge in [0.2, 0.25) is 5.91 Å². The first-order chi connectivity index (χ1) is 15.9. The van der Waals surface area contributed by atoms with Crippen molar-refractivity contribution in [1.29, 1.82) is 0 Å². The van der Waals surface area contributed by atoms with Crippen molar-refractivity contribution in [3.8, 4) is 5.75 Å². The topological polar surface area (TPSA) is 84.0 Å². The zero-order valence-electron chi connectivity index (χ0n) is 17.2. The van der Waals surface area contributed by atoms with Crippen molar-refractivity contribution < 1.29 is 23.9 Å². The number of carbonyl (C=O) groups excluding carboxylic acids is 4. The number of hydrogen-bond acceptors (Lipinski definition) is 5. The molecule has 0 radical (unpaired) electrons. The van der Waals surface area contributed by atoms with Gasteiger partial charge >= 0.3 is 5.97 Å². The van der Waals surface area contributed by atoms with Crippen LogP contribution >= 0.6 is 11.6 Å². The normalized spacial score (nSPS) is 17.5. The lowest BCUT2D eigenvalue weighted by atomic mass is 10.1. The molecule has 1 saturated heterocycles. The van der Waals surface area contributed by atoms with Crippen LogP contribution in [0.4, 0.5) is 11.4 Å². The fraction of sp³-hybridized carbons (Fsp3) is 0.120. The SMILES string of the molecule is O=C(Oc1cccc(N2C(=O)c3ccccc3C2=O)c1)[C@H]1CC(=O)N(c2cccc(Cl)c2)C1. The standard InChI is InChI=1S/C25H17ClN2O5/c26-16-5-3-6-17(12-16)27-14-15(11-22(27)29)25(32)33-19-8-4-7-18(13-19)28-23(30)20-9-1-2-10-21(20)24(28)31/h1-10,12-13,15H,11,14H2/t15-/m0/s1. The van der Waals surface area contributed by atoms with Gasteiger partial charge in [0.05, 0.1) is 22.7 Å². The van der Waals surface area contributed by atoms with E-state index in [1.54, 1.807) is 66.7 Å². The molecule has 2 heterocycles. The first-order valence-electron chi connectivity index (χ1n) is 10.3. The molecule has 33 heavy (non-hydrogen) atoms. The zero-order valence-corrected chi connectivity index (χ0v) is 18.0. The summed E-state index contributed by atoms with van der Waals surface area (Å²) in [5.74, 6) is -2.09. The van der Waals surface area contributed by atoms with Crippen molar-refractivity contribution in [2.75, 3.05) is 16.3 Å². The van der Waals surface area contributed by atoms with E-state index < -0.39 is 23.7 Å². The summed E-state index contributed by atoms with van der Waals surface area (Å²) < 4.78 is 5.51. The Labute approximate surface area is 194 Å². The number of halogens is 1. The van der Waals surface area contributed by atoms with Crippen LogP contribution in [0.3, 0.4) is 0 Å². The monoisotopic (exact) mass is 460 g/mol. The fourth-order valence-electron chi connectivity index (χ4n) is 4.07. The first-order valence-corrected chi connectivity index (χ1v) is 10.7. The minimum absolute atomic E-state index is 0.0173. The molecule has 0 N–H and O–H groups in total. The molecular formula is C25H17ClN2O5. The van der Waals surface area contributed by atoms with Crippen LogP contribution in [0.25, 0.3) is 0 Å². The van der Waals surface area contributed by atoms with Crippen molar-refractivity contribution in [2.45, 2.75) is 6.42 Å². The minimum atomic E-state index is -0.653. The zero-order chi connectivity index (χ0) is 23.1. The summed E-state index contributed by atoms with van der Waals surface area (Å²) >= 11 is 6.01. The van der Waals surface area contributed by atoms with Crippen molar-refractivity contribution in [2.24, 2.45) is 5.92 Å². The van der Waals surface area contributed by atoms with Gasteiger partial charge in [0, 0.05) is 29.7 Å². The van der Waals surface area contributed by atoms with Gasteiger partial charge in [-0.1, -0.05) is 35.9 Å². The molecule has 0 bridgehead atoms. The predicted octanol–water partition coefficient (Wildman–Crippen LogP) is 4.10. The second-order valence-electron chi connectivity index (χ2n) is 7.80. The van der Waals surface area contributed by atoms with E-state index in [2.05, 4.69) is 0 Å². The molecule has 7 nitrogen and oxygen atoms in total. The van der Waals surface area contributed by atoms with Gasteiger partial charge in [-0.05, 0) is 42.5 Å². The van der Waals surface area contributed by atoms with E-state index in [9.17, 15) is 19.2 Å². The molecule has 1 fully saturated rings. The van der Waals surface area contributed by atoms with Crippen molar-refractivity contribution in [1.82, 2.24) is 0 Å². The maximum Gasteiger partial charge on any atom is 0.316 e. The Balaban J connectivity index is 1.32. The van der Waals surface area contributed by atoms with Gasteiger partial charge in [-0.3, -0.25) is 19.2 Å². The van der Waals surface area contributed by atoms with Gasteiger partial charge in [-0.2, -0.15) is 0 Å². The van der Waals surface area contributed by atoms with Gasteiger partial charge in [0.25, 0.3) is 11.8 Å². The molecule has 3 amide bonds. The van der Waals surface area contributed by atoms with E-state index in [0.29, 0.717) is 27.5 Å². The molecule has 3 aromatic carbocycles. The Morgan fingerprint density at radius 3 is 2.21 bits per heavy atom. The number of imide groups is 1. The summed E-state index contributed by atoms with van der Waals surface area (Å²) in [6.45, 7) is 0.177. The number of nitrogens with zero attached hydrogens (tertiary/aromatic N) is 2. The molecule has 0 aliphatic carbocycles. The van der Waals surface area contributed by atoms with Gasteiger partial charge in [0.15, 0.2) is 0 Å². The maximum absolute atomic E-state index is 12.8. The fourth-order valence-corrected chi connectivity index (χ4v) is 4.25. The number of carbonyl (C=O) groups is 4. The quantitative estimate of drug-likeness (QED) is 0.332. The number of rotatable bonds is 4. The molecular weight excluding hydrogens is 444 g/mol. The van der Waals surface area contributed by atoms with Crippen LogP contribution < -0.4 is 14.5 Å². The Kier molecular flexibility index (Phi) is 5.18. The molecule has 0 aromatic heterocycles. The number of amides is 3. The third-order valence-corrected chi connectivity index (χ3v) is 5.90. The summed E-state index contributed by atoms with van der Waals surface area (Å²) in [5.41, 5.74) is 1.58. The lowest BCUT2D eigenvalue weighted by molar-refractivity contribution is -0.139. The van der Waals surface area contributed by atoms with Gasteiger partial charge in [-0.15, -0.1) is 0 Å². The van der Waals surface area contributed by atoms with Gasteiger partial charge < -0.3 is 9.64 Å². The summed E-state index contributed by atoms with van der Waals surface area (Å²) in [5, 5.41) is 0.497. The number of hydrogen-bond donors (Lipinski definition) is 0. The molecule has 1 atom stereocenters. The molecule has 2 aliphatic rings. The number of anilines is 2. The van der Waals surface area contributed by atoms with E-state index in [1.807, 2.05) is 0 Å². The predicted molar refractivity (Wildman–Crippen MR) is 122 cm³/mol. The molecule has 8 heteroatoms. The first kappa shape index (κ1) is 20.9. The van der Waals surface area contributed by atoms with E-state index in [4.69, 9.17) is 16.3 Å². The summed E-state index contributed by atoms with van der Waals surface area (Å²) in [4.78, 5) is 53.2. The van der Waals surface area contributed by atoms with E-state index >= 15 is 0 Å². The van der Waals surface area contributed by atoms with Crippen molar-refractivity contribution >= 4 is 46.7 Å². The molecule has 5 rings (SSSR count). The summed E-state index contributed by atoms with van der Waals surface area (Å²) in [6.07, 6.45) is 0.0173. The Morgan fingerprint density at radius 2 is 1.52 bits per heavy atom. The molecule has 3 aromatic rings. The molecule has 0 unspecified atom stereocenters. The van der Waals surface area contributed by atoms with Crippen LogP contribution in [0, 0.1) is 5.92 Å². The highest BCUT2D eigenvalue weighted by Gasteiger charge is 2.38. The summed E-state index contributed by atoms with van der Waals surface area (Å²) in [6, 6.07) is 19.7. The highest BCUT2D eigenvalue weighted by Crippen LogP contribution is 2.32. The third-order valence-electron chi connectivity index (χ3n) is 5.67. The average Bonchev–Trinajstić information content (AvgIpc) is 3.32. The van der Waals surface area contributed by atoms with Crippen LogP contribution in [-0.4, -0.2) is 30.2 Å². The largest absolute Gasteiger partial charge is 0.426 e. The number of fused-ring (bicyclic) bond motifs is 1. The number of benzene rings is 3. The Hall–Kier alpha value is -3.97. The molecule has 164 valence electrons. The summed E-state index contributed by atoms with van der Waals surface area (Å²) in [7, 11) is 0. The van der Waals surface area contributed by atoms with Crippen molar-refractivity contribution in [3.05, 3.63) is 88.9 Å². The van der Waals surface area contributed by atoms with Crippen LogP contribution in [0.2, 0.25) is 5.02 Å². The lowest BCUT2D eigenvalue weighted by Crippen LogP contribution is -2.29. The minimum Gasteiger partial charge on any atom is -0.426 e. The highest BCUT2D eigenvalue weighted by atomic mass is 35.5. The second kappa shape index (κ2) is 8.18. The van der Waals surface area contributed by atoms with E-state index in [1.165, 1.54) is 11.0 Å². The smallest absolute Gasteiger partial charge is 0.316 e. The number of esters is 1. The molecule has 0 saturated carbocycles. The average molecular weight is 461 g/mol. The third kappa shape index (κ3) is 3.76. The van der Waals surface area contributed by atoms with Crippen LogP contribution in [0.1, 0.15) is 27.1 Å². The Morgan fingerprint density at radius 1 is 0.848 bits per heavy atom. The second-order valence-corrected chi connectivity index (χ2v) is 8.23. The van der Waals surface area contributed by atoms with Crippen LogP contribution in [0.5, 0.6) is 5.75 Å². The maximum atomic E-state index is 12.8. The number of ether oxygens (including phenoxy) is 1. The van der Waals surface area contributed by atoms with Gasteiger partial charge in [-0.25, -0.2) is 4.90 Å². The van der Waals surface area contributed by atoms with Gasteiger partial charge in [0.1, 0.15) is 5.75 Å². The van der Waals surface area contributed by atoms with Crippen LogP contribution in [0.15, 0.2) is 72.8 Å². The molecule has 2 aliphatic heterocycles.